The third kappa shape index (κ3) is 2.45. The van der Waals surface area contributed by atoms with Gasteiger partial charge in [-0.2, -0.15) is 0 Å². The number of imidazole rings is 1. The number of hydrogen-bond acceptors (Lipinski definition) is 5. The van der Waals surface area contributed by atoms with Gasteiger partial charge in [0.25, 0.3) is 0 Å². The molecule has 4 rings (SSSR count). The maximum Gasteiger partial charge on any atom is 0.164 e. The van der Waals surface area contributed by atoms with Crippen LogP contribution >= 0.6 is 23.2 Å². The number of aromatic nitrogens is 2. The van der Waals surface area contributed by atoms with Gasteiger partial charge in [0.1, 0.15) is 35.2 Å². The molecule has 4 heterocycles. The molecule has 0 aromatic carbocycles. The number of hydrogen-bond donors (Lipinski definition) is 1. The van der Waals surface area contributed by atoms with Gasteiger partial charge in [-0.15, -0.1) is 0 Å². The van der Waals surface area contributed by atoms with Gasteiger partial charge in [-0.3, -0.25) is 4.40 Å². The minimum atomic E-state index is -0.738. The van der Waals surface area contributed by atoms with E-state index >= 15 is 0 Å². The third-order valence-electron chi connectivity index (χ3n) is 4.19. The summed E-state index contributed by atoms with van der Waals surface area (Å²) in [4.78, 5) is 4.23. The maximum absolute atomic E-state index is 9.60. The third-order valence-corrected chi connectivity index (χ3v) is 4.69. The van der Waals surface area contributed by atoms with Crippen molar-refractivity contribution in [2.24, 2.45) is 0 Å². The summed E-state index contributed by atoms with van der Waals surface area (Å²) in [6.45, 7) is 3.52. The minimum Gasteiger partial charge on any atom is -0.394 e. The first-order chi connectivity index (χ1) is 10.9. The second kappa shape index (κ2) is 5.31. The molecule has 2 aromatic rings. The van der Waals surface area contributed by atoms with Crippen LogP contribution in [-0.4, -0.2) is 45.2 Å². The molecule has 2 saturated heterocycles. The van der Waals surface area contributed by atoms with Crippen LogP contribution in [0.1, 0.15) is 25.6 Å². The van der Waals surface area contributed by atoms with E-state index in [1.165, 1.54) is 0 Å². The predicted octanol–water partition coefficient (Wildman–Crippen LogP) is 2.59. The number of nitrogens with zero attached hydrogens (tertiary/aromatic N) is 2. The Hall–Kier alpha value is -0.890. The summed E-state index contributed by atoms with van der Waals surface area (Å²) in [5.41, 5.74) is 1.36. The van der Waals surface area contributed by atoms with Crippen LogP contribution in [0.25, 0.3) is 5.65 Å². The Morgan fingerprint density at radius 3 is 2.74 bits per heavy atom. The lowest BCUT2D eigenvalue weighted by atomic mass is 10.1. The van der Waals surface area contributed by atoms with Crippen molar-refractivity contribution >= 4 is 28.8 Å². The Labute approximate surface area is 142 Å². The van der Waals surface area contributed by atoms with Crippen molar-refractivity contribution in [1.29, 1.82) is 0 Å². The first-order valence-electron chi connectivity index (χ1n) is 7.34. The van der Waals surface area contributed by atoms with Crippen molar-refractivity contribution in [2.45, 2.75) is 44.1 Å². The molecule has 2 fully saturated rings. The molecule has 0 bridgehead atoms. The van der Waals surface area contributed by atoms with Crippen LogP contribution in [0.4, 0.5) is 0 Å². The summed E-state index contributed by atoms with van der Waals surface area (Å²) < 4.78 is 19.7. The van der Waals surface area contributed by atoms with Crippen molar-refractivity contribution in [3.8, 4) is 0 Å². The van der Waals surface area contributed by atoms with Crippen molar-refractivity contribution < 1.29 is 19.3 Å². The second-order valence-corrected chi connectivity index (χ2v) is 7.00. The van der Waals surface area contributed by atoms with Crippen LogP contribution in [0.2, 0.25) is 10.2 Å². The standard InChI is InChI=1S/C15H16Cl2N2O4/c1-15(2)22-12-8(6-20)21-13(14(12)23-15)11-7(16)3-4-10-18-9(17)5-19(10)11/h3-5,8,12-14,20H,6H2,1-2H3/t8-,12-,13+,14-/m1/s1. The van der Waals surface area contributed by atoms with Gasteiger partial charge in [0, 0.05) is 6.20 Å². The molecule has 2 aliphatic rings. The molecule has 6 nitrogen and oxygen atoms in total. The fraction of sp³-hybridized carbons (Fsp3) is 0.533. The average molecular weight is 359 g/mol. The van der Waals surface area contributed by atoms with E-state index in [9.17, 15) is 5.11 Å². The molecule has 124 valence electrons. The molecule has 2 aliphatic heterocycles. The lowest BCUT2D eigenvalue weighted by Gasteiger charge is -2.24. The van der Waals surface area contributed by atoms with Crippen molar-refractivity contribution in [3.63, 3.8) is 0 Å². The topological polar surface area (TPSA) is 65.2 Å². The van der Waals surface area contributed by atoms with Gasteiger partial charge >= 0.3 is 0 Å². The van der Waals surface area contributed by atoms with Gasteiger partial charge < -0.3 is 19.3 Å². The second-order valence-electron chi connectivity index (χ2n) is 6.20. The number of halogens is 2. The number of fused-ring (bicyclic) bond motifs is 2. The quantitative estimate of drug-likeness (QED) is 0.893. The van der Waals surface area contributed by atoms with Crippen LogP contribution in [0.3, 0.4) is 0 Å². The Balaban J connectivity index is 1.83. The van der Waals surface area contributed by atoms with E-state index in [1.807, 2.05) is 13.8 Å². The minimum absolute atomic E-state index is 0.157. The molecule has 0 amide bonds. The smallest absolute Gasteiger partial charge is 0.164 e. The van der Waals surface area contributed by atoms with E-state index in [2.05, 4.69) is 4.98 Å². The van der Waals surface area contributed by atoms with Crippen molar-refractivity contribution in [3.05, 3.63) is 34.2 Å². The molecule has 2 aromatic heterocycles. The van der Waals surface area contributed by atoms with Crippen LogP contribution in [-0.2, 0) is 14.2 Å². The number of aliphatic hydroxyl groups is 1. The summed E-state index contributed by atoms with van der Waals surface area (Å²) >= 11 is 12.4. The first-order valence-corrected chi connectivity index (χ1v) is 8.10. The van der Waals surface area contributed by atoms with E-state index in [-0.39, 0.29) is 18.8 Å². The zero-order valence-corrected chi connectivity index (χ0v) is 14.1. The molecular weight excluding hydrogens is 343 g/mol. The molecule has 23 heavy (non-hydrogen) atoms. The van der Waals surface area contributed by atoms with Crippen LogP contribution in [0.15, 0.2) is 18.3 Å². The van der Waals surface area contributed by atoms with Crippen molar-refractivity contribution in [1.82, 2.24) is 9.38 Å². The Kier molecular flexibility index (Phi) is 3.61. The molecule has 0 spiro atoms. The summed E-state index contributed by atoms with van der Waals surface area (Å²) in [6, 6.07) is 3.53. The predicted molar refractivity (Wildman–Crippen MR) is 83.7 cm³/mol. The fourth-order valence-corrected chi connectivity index (χ4v) is 3.79. The van der Waals surface area contributed by atoms with Crippen LogP contribution in [0, 0.1) is 0 Å². The fourth-order valence-electron chi connectivity index (χ4n) is 3.35. The highest BCUT2D eigenvalue weighted by atomic mass is 35.5. The number of pyridine rings is 1. The molecular formula is C15H16Cl2N2O4. The van der Waals surface area contributed by atoms with E-state index in [0.717, 1.165) is 0 Å². The monoisotopic (exact) mass is 358 g/mol. The van der Waals surface area contributed by atoms with E-state index in [4.69, 9.17) is 37.4 Å². The van der Waals surface area contributed by atoms with Crippen molar-refractivity contribution in [2.75, 3.05) is 6.61 Å². The van der Waals surface area contributed by atoms with Gasteiger partial charge in [-0.05, 0) is 26.0 Å². The number of rotatable bonds is 2. The van der Waals surface area contributed by atoms with Gasteiger partial charge in [0.15, 0.2) is 5.79 Å². The summed E-state index contributed by atoms with van der Waals surface area (Å²) in [5.74, 6) is -0.738. The highest BCUT2D eigenvalue weighted by molar-refractivity contribution is 6.31. The van der Waals surface area contributed by atoms with Crippen LogP contribution in [0.5, 0.6) is 0 Å². The number of aliphatic hydroxyl groups excluding tert-OH is 1. The van der Waals surface area contributed by atoms with Crippen LogP contribution < -0.4 is 0 Å². The molecule has 0 saturated carbocycles. The zero-order valence-electron chi connectivity index (χ0n) is 12.6. The summed E-state index contributed by atoms with van der Waals surface area (Å²) in [5, 5.41) is 10.5. The Morgan fingerprint density at radius 2 is 2.00 bits per heavy atom. The van der Waals surface area contributed by atoms with E-state index in [0.29, 0.717) is 21.5 Å². The van der Waals surface area contributed by atoms with Gasteiger partial charge in [0.05, 0.1) is 17.3 Å². The molecule has 0 aliphatic carbocycles. The normalized spacial score (nSPS) is 32.6. The molecule has 4 atom stereocenters. The molecule has 0 unspecified atom stereocenters. The van der Waals surface area contributed by atoms with E-state index < -0.39 is 18.0 Å². The van der Waals surface area contributed by atoms with Gasteiger partial charge in [-0.25, -0.2) is 4.98 Å². The Morgan fingerprint density at radius 1 is 1.26 bits per heavy atom. The highest BCUT2D eigenvalue weighted by Gasteiger charge is 2.56. The van der Waals surface area contributed by atoms with Gasteiger partial charge in [0.2, 0.25) is 0 Å². The maximum atomic E-state index is 9.60. The lowest BCUT2D eigenvalue weighted by molar-refractivity contribution is -0.191. The highest BCUT2D eigenvalue weighted by Crippen LogP contribution is 2.46. The molecule has 1 N–H and O–H groups in total. The lowest BCUT2D eigenvalue weighted by Crippen LogP contribution is -2.31. The largest absolute Gasteiger partial charge is 0.394 e. The number of ether oxygens (including phenoxy) is 3. The zero-order chi connectivity index (χ0) is 16.4. The molecule has 0 radical (unpaired) electrons. The average Bonchev–Trinajstić information content (AvgIpc) is 3.09. The van der Waals surface area contributed by atoms with Gasteiger partial charge in [-0.1, -0.05) is 23.2 Å². The Bertz CT molecular complexity index is 763. The first kappa shape index (κ1) is 15.6. The summed E-state index contributed by atoms with van der Waals surface area (Å²) in [6.07, 6.45) is -0.00168. The van der Waals surface area contributed by atoms with E-state index in [1.54, 1.807) is 22.7 Å². The SMILES string of the molecule is CC1(C)O[C@@H]2[C@H](O1)[C@@H](CO)O[C@H]2c1c(Cl)ccc2nc(Cl)cn12. The summed E-state index contributed by atoms with van der Waals surface area (Å²) in [7, 11) is 0. The molecule has 8 heteroatoms.